The molecule has 1 aliphatic rings. The van der Waals surface area contributed by atoms with E-state index in [2.05, 4.69) is 0 Å². The molecule has 0 aromatic carbocycles. The van der Waals surface area contributed by atoms with E-state index < -0.39 is 24.9 Å². The Kier molecular flexibility index (Phi) is 3.00. The zero-order chi connectivity index (χ0) is 12.0. The van der Waals surface area contributed by atoms with Gasteiger partial charge in [0.1, 0.15) is 0 Å². The van der Waals surface area contributed by atoms with Crippen molar-refractivity contribution in [2.45, 2.75) is 16.9 Å². The molecule has 1 aromatic heterocycles. The lowest BCUT2D eigenvalue weighted by Crippen LogP contribution is -2.20. The second-order valence-corrected chi connectivity index (χ2v) is 7.14. The molecule has 0 bridgehead atoms. The van der Waals surface area contributed by atoms with Crippen molar-refractivity contribution in [3.63, 3.8) is 0 Å². The van der Waals surface area contributed by atoms with E-state index in [1.54, 1.807) is 6.92 Å². The van der Waals surface area contributed by atoms with Gasteiger partial charge in [0.15, 0.2) is 10.0 Å². The molecular formula is C8H8ClFO4S2. The Morgan fingerprint density at radius 2 is 2.06 bits per heavy atom. The number of hydrogen-bond acceptors (Lipinski definition) is 5. The highest BCUT2D eigenvalue weighted by Crippen LogP contribution is 2.39. The van der Waals surface area contributed by atoms with E-state index in [9.17, 15) is 12.8 Å². The van der Waals surface area contributed by atoms with Gasteiger partial charge in [0.2, 0.25) is 5.79 Å². The third-order valence-electron chi connectivity index (χ3n) is 2.16. The summed E-state index contributed by atoms with van der Waals surface area (Å²) in [5.74, 6) is -1.96. The van der Waals surface area contributed by atoms with E-state index in [0.717, 1.165) is 17.4 Å². The van der Waals surface area contributed by atoms with Crippen molar-refractivity contribution in [1.29, 1.82) is 0 Å². The molecule has 0 saturated carbocycles. The first-order valence-electron chi connectivity index (χ1n) is 4.35. The minimum atomic E-state index is -4.06. The highest BCUT2D eigenvalue weighted by molar-refractivity contribution is 8.15. The van der Waals surface area contributed by atoms with Gasteiger partial charge in [-0.1, -0.05) is 0 Å². The van der Waals surface area contributed by atoms with Crippen LogP contribution in [0.5, 0.6) is 0 Å². The summed E-state index contributed by atoms with van der Waals surface area (Å²) in [7, 11) is 1.03. The monoisotopic (exact) mass is 286 g/mol. The van der Waals surface area contributed by atoms with Gasteiger partial charge >= 0.3 is 0 Å². The number of hydrogen-bond donors (Lipinski definition) is 0. The Bertz CT molecular complexity index is 504. The topological polar surface area (TPSA) is 52.6 Å². The first-order valence-corrected chi connectivity index (χ1v) is 7.48. The average Bonchev–Trinajstić information content (AvgIpc) is 2.71. The molecule has 0 N–H and O–H groups in total. The van der Waals surface area contributed by atoms with Crippen molar-refractivity contribution in [2.24, 2.45) is 0 Å². The van der Waals surface area contributed by atoms with Crippen LogP contribution in [-0.4, -0.2) is 21.6 Å². The van der Waals surface area contributed by atoms with Crippen LogP contribution in [-0.2, 0) is 24.3 Å². The molecule has 0 radical (unpaired) electrons. The largest absolute Gasteiger partial charge is 0.343 e. The Morgan fingerprint density at radius 1 is 1.50 bits per heavy atom. The molecule has 1 fully saturated rings. The maximum Gasteiger partial charge on any atom is 0.273 e. The van der Waals surface area contributed by atoms with E-state index in [4.69, 9.17) is 20.2 Å². The van der Waals surface area contributed by atoms with Gasteiger partial charge in [-0.3, -0.25) is 0 Å². The van der Waals surface area contributed by atoms with E-state index in [0.29, 0.717) is 18.1 Å². The van der Waals surface area contributed by atoms with Crippen molar-refractivity contribution in [3.05, 3.63) is 16.8 Å². The normalized spacial score (nSPS) is 20.2. The smallest absolute Gasteiger partial charge is 0.273 e. The zero-order valence-electron chi connectivity index (χ0n) is 8.20. The Hall–Kier alpha value is -0.210. The Labute approximate surface area is 100 Å². The molecule has 0 unspecified atom stereocenters. The highest BCUT2D eigenvalue weighted by atomic mass is 35.7. The number of ether oxygens (including phenoxy) is 2. The Balaban J connectivity index is 2.46. The maximum absolute atomic E-state index is 13.4. The van der Waals surface area contributed by atoms with Crippen molar-refractivity contribution in [3.8, 4) is 0 Å². The molecule has 1 aliphatic heterocycles. The first-order chi connectivity index (χ1) is 7.33. The minimum Gasteiger partial charge on any atom is -0.343 e. The summed E-state index contributed by atoms with van der Waals surface area (Å²) in [5, 5.41) is 0. The molecular weight excluding hydrogens is 279 g/mol. The fourth-order valence-corrected chi connectivity index (χ4v) is 3.68. The first kappa shape index (κ1) is 12.3. The molecule has 90 valence electrons. The molecule has 2 heterocycles. The molecule has 1 saturated heterocycles. The summed E-state index contributed by atoms with van der Waals surface area (Å²) in [4.78, 5) is 0.349. The predicted octanol–water partition coefficient (Wildman–Crippen LogP) is 2.03. The number of halogens is 2. The molecule has 0 spiro atoms. The summed E-state index contributed by atoms with van der Waals surface area (Å²) in [6, 6.07) is 1.07. The predicted molar refractivity (Wildman–Crippen MR) is 56.6 cm³/mol. The van der Waals surface area contributed by atoms with Crippen molar-refractivity contribution in [1.82, 2.24) is 0 Å². The van der Waals surface area contributed by atoms with Gasteiger partial charge in [-0.25, -0.2) is 12.8 Å². The van der Waals surface area contributed by atoms with Crippen molar-refractivity contribution < 1.29 is 22.3 Å². The average molecular weight is 287 g/mol. The van der Waals surface area contributed by atoms with Crippen LogP contribution in [0.1, 0.15) is 11.8 Å². The van der Waals surface area contributed by atoms with Gasteiger partial charge in [-0.15, -0.1) is 11.3 Å². The van der Waals surface area contributed by atoms with Crippen LogP contribution >= 0.6 is 22.0 Å². The lowest BCUT2D eigenvalue weighted by Gasteiger charge is -2.19. The number of rotatable bonds is 2. The maximum atomic E-state index is 13.4. The van der Waals surface area contributed by atoms with Crippen LogP contribution in [0.25, 0.3) is 0 Å². The quantitative estimate of drug-likeness (QED) is 0.781. The van der Waals surface area contributed by atoms with Crippen LogP contribution in [0.2, 0.25) is 0 Å². The van der Waals surface area contributed by atoms with Gasteiger partial charge < -0.3 is 9.47 Å². The molecule has 16 heavy (non-hydrogen) atoms. The molecule has 0 aliphatic carbocycles. The van der Waals surface area contributed by atoms with Crippen LogP contribution < -0.4 is 0 Å². The third kappa shape index (κ3) is 2.10. The van der Waals surface area contributed by atoms with E-state index in [1.807, 2.05) is 0 Å². The Morgan fingerprint density at radius 3 is 2.50 bits per heavy atom. The van der Waals surface area contributed by atoms with Crippen LogP contribution in [0.15, 0.2) is 10.3 Å². The SMILES string of the molecule is CC1(c2cc(F)c(S(=O)(=O)Cl)s2)OCCO1. The van der Waals surface area contributed by atoms with E-state index >= 15 is 0 Å². The second-order valence-electron chi connectivity index (χ2n) is 3.33. The summed E-state index contributed by atoms with van der Waals surface area (Å²) in [6.45, 7) is 2.38. The second kappa shape index (κ2) is 3.92. The van der Waals surface area contributed by atoms with Gasteiger partial charge in [0.05, 0.1) is 18.1 Å². The van der Waals surface area contributed by atoms with Crippen LogP contribution in [0.3, 0.4) is 0 Å². The van der Waals surface area contributed by atoms with Crippen LogP contribution in [0, 0.1) is 5.82 Å². The van der Waals surface area contributed by atoms with Gasteiger partial charge in [-0.05, 0) is 13.0 Å². The fourth-order valence-electron chi connectivity index (χ4n) is 1.40. The van der Waals surface area contributed by atoms with Crippen LogP contribution in [0.4, 0.5) is 4.39 Å². The third-order valence-corrected chi connectivity index (χ3v) is 5.54. The summed E-state index contributed by atoms with van der Waals surface area (Å²) in [6.07, 6.45) is 0. The fraction of sp³-hybridized carbons (Fsp3) is 0.500. The van der Waals surface area contributed by atoms with Gasteiger partial charge in [-0.2, -0.15) is 0 Å². The molecule has 0 amide bonds. The molecule has 2 rings (SSSR count). The van der Waals surface area contributed by atoms with Gasteiger partial charge in [0.25, 0.3) is 9.05 Å². The minimum absolute atomic E-state index is 0.349. The lowest BCUT2D eigenvalue weighted by molar-refractivity contribution is -0.147. The van der Waals surface area contributed by atoms with Crippen molar-refractivity contribution >= 4 is 31.1 Å². The molecule has 8 heteroatoms. The highest BCUT2D eigenvalue weighted by Gasteiger charge is 2.37. The van der Waals surface area contributed by atoms with Crippen molar-refractivity contribution in [2.75, 3.05) is 13.2 Å². The van der Waals surface area contributed by atoms with Gasteiger partial charge in [0, 0.05) is 10.7 Å². The molecule has 4 nitrogen and oxygen atoms in total. The molecule has 0 atom stereocenters. The lowest BCUT2D eigenvalue weighted by atomic mass is 10.2. The molecule has 1 aromatic rings. The summed E-state index contributed by atoms with van der Waals surface area (Å²) >= 11 is 0.718. The number of thiophene rings is 1. The summed E-state index contributed by atoms with van der Waals surface area (Å²) < 4.78 is 45.5. The zero-order valence-corrected chi connectivity index (χ0v) is 10.6. The standard InChI is InChI=1S/C8H8ClFO4S2/c1-8(13-2-3-14-8)6-4-5(10)7(15-6)16(9,11)12/h4H,2-3H2,1H3. The van der Waals surface area contributed by atoms with E-state index in [1.165, 1.54) is 0 Å². The van der Waals surface area contributed by atoms with E-state index in [-0.39, 0.29) is 0 Å². The summed E-state index contributed by atoms with van der Waals surface area (Å²) in [5.41, 5.74) is 0.